The summed E-state index contributed by atoms with van der Waals surface area (Å²) < 4.78 is 5.48. The van der Waals surface area contributed by atoms with Gasteiger partial charge in [-0.15, -0.1) is 0 Å². The third-order valence-corrected chi connectivity index (χ3v) is 5.08. The SMILES string of the molecule is CC1=C2CC3CCCCC3(C)CC2OC1=O. The van der Waals surface area contributed by atoms with E-state index < -0.39 is 0 Å². The minimum absolute atomic E-state index is 0.0674. The summed E-state index contributed by atoms with van der Waals surface area (Å²) in [7, 11) is 0. The molecule has 2 nitrogen and oxygen atoms in total. The Kier molecular flexibility index (Phi) is 2.17. The molecule has 2 aliphatic carbocycles. The minimum atomic E-state index is -0.0674. The maximum absolute atomic E-state index is 11.6. The van der Waals surface area contributed by atoms with Crippen LogP contribution in [0.5, 0.6) is 0 Å². The molecule has 0 bridgehead atoms. The molecule has 16 heavy (non-hydrogen) atoms. The van der Waals surface area contributed by atoms with Crippen LogP contribution in [0.25, 0.3) is 0 Å². The Morgan fingerprint density at radius 1 is 1.38 bits per heavy atom. The van der Waals surface area contributed by atoms with Crippen molar-refractivity contribution in [3.8, 4) is 0 Å². The molecule has 2 saturated carbocycles. The molecule has 0 amide bonds. The van der Waals surface area contributed by atoms with Crippen molar-refractivity contribution < 1.29 is 9.53 Å². The largest absolute Gasteiger partial charge is 0.454 e. The molecule has 0 spiro atoms. The molecular formula is C14H20O2. The predicted octanol–water partition coefficient (Wildman–Crippen LogP) is 3.22. The predicted molar refractivity (Wildman–Crippen MR) is 61.9 cm³/mol. The van der Waals surface area contributed by atoms with E-state index in [1.807, 2.05) is 6.92 Å². The van der Waals surface area contributed by atoms with Crippen molar-refractivity contribution in [3.63, 3.8) is 0 Å². The topological polar surface area (TPSA) is 26.3 Å². The molecule has 1 heterocycles. The smallest absolute Gasteiger partial charge is 0.334 e. The van der Waals surface area contributed by atoms with E-state index >= 15 is 0 Å². The molecule has 2 fully saturated rings. The second-order valence-electron chi connectivity index (χ2n) is 6.05. The van der Waals surface area contributed by atoms with Gasteiger partial charge in [0.05, 0.1) is 0 Å². The molecule has 88 valence electrons. The average Bonchev–Trinajstić information content (AvgIpc) is 2.50. The number of fused-ring (bicyclic) bond motifs is 2. The second kappa shape index (κ2) is 3.35. The van der Waals surface area contributed by atoms with Crippen molar-refractivity contribution in [3.05, 3.63) is 11.1 Å². The fourth-order valence-corrected chi connectivity index (χ4v) is 3.89. The van der Waals surface area contributed by atoms with Gasteiger partial charge in [-0.1, -0.05) is 19.8 Å². The lowest BCUT2D eigenvalue weighted by molar-refractivity contribution is -0.142. The monoisotopic (exact) mass is 220 g/mol. The Bertz CT molecular complexity index is 369. The van der Waals surface area contributed by atoms with Gasteiger partial charge in [-0.25, -0.2) is 4.79 Å². The van der Waals surface area contributed by atoms with Crippen LogP contribution in [0, 0.1) is 11.3 Å². The molecule has 3 rings (SSSR count). The van der Waals surface area contributed by atoms with Gasteiger partial charge in [-0.05, 0) is 49.5 Å². The standard InChI is InChI=1S/C14H20O2/c1-9-11-7-10-5-3-4-6-14(10,2)8-12(11)16-13(9)15/h10,12H,3-8H2,1-2H3. The van der Waals surface area contributed by atoms with Crippen LogP contribution in [0.2, 0.25) is 0 Å². The Balaban J connectivity index is 1.91. The van der Waals surface area contributed by atoms with E-state index in [1.165, 1.54) is 31.3 Å². The molecule has 3 aliphatic rings. The van der Waals surface area contributed by atoms with Crippen LogP contribution >= 0.6 is 0 Å². The maximum atomic E-state index is 11.6. The molecule has 0 saturated heterocycles. The first-order valence-corrected chi connectivity index (χ1v) is 6.51. The van der Waals surface area contributed by atoms with Gasteiger partial charge in [0.1, 0.15) is 6.10 Å². The fraction of sp³-hybridized carbons (Fsp3) is 0.786. The minimum Gasteiger partial charge on any atom is -0.454 e. The molecule has 3 unspecified atom stereocenters. The summed E-state index contributed by atoms with van der Waals surface area (Å²) in [6, 6.07) is 0. The van der Waals surface area contributed by atoms with Crippen molar-refractivity contribution in [2.75, 3.05) is 0 Å². The highest BCUT2D eigenvalue weighted by Crippen LogP contribution is 2.53. The van der Waals surface area contributed by atoms with Crippen molar-refractivity contribution in [2.24, 2.45) is 11.3 Å². The molecule has 1 aliphatic heterocycles. The number of rotatable bonds is 0. The number of ether oxygens (including phenoxy) is 1. The zero-order chi connectivity index (χ0) is 11.3. The van der Waals surface area contributed by atoms with E-state index in [-0.39, 0.29) is 12.1 Å². The Hall–Kier alpha value is -0.790. The molecule has 3 atom stereocenters. The summed E-state index contributed by atoms with van der Waals surface area (Å²) in [5.74, 6) is 0.721. The van der Waals surface area contributed by atoms with E-state index in [0.29, 0.717) is 5.41 Å². The average molecular weight is 220 g/mol. The number of hydrogen-bond donors (Lipinski definition) is 0. The number of esters is 1. The summed E-state index contributed by atoms with van der Waals surface area (Å²) >= 11 is 0. The zero-order valence-corrected chi connectivity index (χ0v) is 10.2. The first kappa shape index (κ1) is 10.4. The highest BCUT2D eigenvalue weighted by Gasteiger charge is 2.47. The Labute approximate surface area is 97.1 Å². The maximum Gasteiger partial charge on any atom is 0.334 e. The van der Waals surface area contributed by atoms with Gasteiger partial charge in [-0.2, -0.15) is 0 Å². The molecule has 0 radical (unpaired) electrons. The summed E-state index contributed by atoms with van der Waals surface area (Å²) in [4.78, 5) is 11.6. The van der Waals surface area contributed by atoms with E-state index in [1.54, 1.807) is 0 Å². The summed E-state index contributed by atoms with van der Waals surface area (Å²) in [6.07, 6.45) is 7.67. The van der Waals surface area contributed by atoms with Crippen LogP contribution in [0.15, 0.2) is 11.1 Å². The number of hydrogen-bond acceptors (Lipinski definition) is 2. The Morgan fingerprint density at radius 3 is 3.00 bits per heavy atom. The van der Waals surface area contributed by atoms with E-state index in [0.717, 1.165) is 24.3 Å². The first-order chi connectivity index (χ1) is 7.60. The third kappa shape index (κ3) is 1.35. The molecular weight excluding hydrogens is 200 g/mol. The molecule has 0 aromatic carbocycles. The van der Waals surface area contributed by atoms with Gasteiger partial charge in [0.2, 0.25) is 0 Å². The van der Waals surface area contributed by atoms with Crippen molar-refractivity contribution >= 4 is 5.97 Å². The van der Waals surface area contributed by atoms with Crippen LogP contribution in [0.1, 0.15) is 52.4 Å². The van der Waals surface area contributed by atoms with Crippen molar-refractivity contribution in [1.82, 2.24) is 0 Å². The lowest BCUT2D eigenvalue weighted by Crippen LogP contribution is -2.40. The van der Waals surface area contributed by atoms with Gasteiger partial charge in [0.25, 0.3) is 0 Å². The first-order valence-electron chi connectivity index (χ1n) is 6.51. The lowest BCUT2D eigenvalue weighted by Gasteiger charge is -2.47. The molecule has 0 aromatic rings. The summed E-state index contributed by atoms with van der Waals surface area (Å²) in [5.41, 5.74) is 2.64. The molecule has 0 aromatic heterocycles. The normalized spacial score (nSPS) is 42.8. The second-order valence-corrected chi connectivity index (χ2v) is 6.05. The van der Waals surface area contributed by atoms with Gasteiger partial charge < -0.3 is 4.74 Å². The number of carbonyl (C=O) groups excluding carboxylic acids is 1. The van der Waals surface area contributed by atoms with Crippen LogP contribution in [0.3, 0.4) is 0 Å². The van der Waals surface area contributed by atoms with E-state index in [9.17, 15) is 4.79 Å². The van der Waals surface area contributed by atoms with Crippen molar-refractivity contribution in [1.29, 1.82) is 0 Å². The van der Waals surface area contributed by atoms with E-state index in [4.69, 9.17) is 4.74 Å². The highest BCUT2D eigenvalue weighted by molar-refractivity contribution is 5.91. The van der Waals surface area contributed by atoms with Crippen LogP contribution in [0.4, 0.5) is 0 Å². The van der Waals surface area contributed by atoms with E-state index in [2.05, 4.69) is 6.92 Å². The number of carbonyl (C=O) groups is 1. The van der Waals surface area contributed by atoms with Gasteiger partial charge in [0.15, 0.2) is 0 Å². The fourth-order valence-electron chi connectivity index (χ4n) is 3.89. The summed E-state index contributed by atoms with van der Waals surface area (Å²) in [5, 5.41) is 0. The van der Waals surface area contributed by atoms with Gasteiger partial charge in [-0.3, -0.25) is 0 Å². The lowest BCUT2D eigenvalue weighted by atomic mass is 9.59. The van der Waals surface area contributed by atoms with Crippen molar-refractivity contribution in [2.45, 2.75) is 58.5 Å². The van der Waals surface area contributed by atoms with Crippen LogP contribution in [-0.2, 0) is 9.53 Å². The quantitative estimate of drug-likeness (QED) is 0.586. The van der Waals surface area contributed by atoms with Gasteiger partial charge in [0, 0.05) is 5.57 Å². The third-order valence-electron chi connectivity index (χ3n) is 5.08. The molecule has 0 N–H and O–H groups in total. The van der Waals surface area contributed by atoms with Gasteiger partial charge >= 0.3 is 5.97 Å². The van der Waals surface area contributed by atoms with Crippen LogP contribution < -0.4 is 0 Å². The summed E-state index contributed by atoms with van der Waals surface area (Å²) in [6.45, 7) is 4.33. The van der Waals surface area contributed by atoms with Crippen LogP contribution in [-0.4, -0.2) is 12.1 Å². The Morgan fingerprint density at radius 2 is 2.19 bits per heavy atom. The molecule has 2 heteroatoms. The zero-order valence-electron chi connectivity index (χ0n) is 10.2. The highest BCUT2D eigenvalue weighted by atomic mass is 16.5.